The van der Waals surface area contributed by atoms with Gasteiger partial charge < -0.3 is 0 Å². The molecule has 0 saturated carbocycles. The summed E-state index contributed by atoms with van der Waals surface area (Å²) in [5, 5.41) is 6.26. The molecule has 0 N–H and O–H groups in total. The second-order valence-corrected chi connectivity index (χ2v) is 2.50. The summed E-state index contributed by atoms with van der Waals surface area (Å²) in [6.45, 7) is 1.67. The third kappa shape index (κ3) is 1.92. The second-order valence-electron chi connectivity index (χ2n) is 2.50. The number of benzene rings is 1. The fourth-order valence-corrected chi connectivity index (χ4v) is 0.973. The standard InChI is InChI=1S/C7H5FN6/c1-4-2-5(11-13-9)7(8)6(3-4)12-14-10/h2-3H,1H3. The van der Waals surface area contributed by atoms with Crippen LogP contribution in [0.4, 0.5) is 15.8 Å². The van der Waals surface area contributed by atoms with Gasteiger partial charge in [-0.3, -0.25) is 0 Å². The molecule has 70 valence electrons. The van der Waals surface area contributed by atoms with Crippen LogP contribution in [0.1, 0.15) is 5.56 Å². The smallest absolute Gasteiger partial charge is 0.142 e. The lowest BCUT2D eigenvalue weighted by Crippen LogP contribution is -1.79. The molecule has 6 nitrogen and oxygen atoms in total. The van der Waals surface area contributed by atoms with Crippen molar-refractivity contribution in [1.82, 2.24) is 0 Å². The summed E-state index contributed by atoms with van der Waals surface area (Å²) in [5.74, 6) is -0.814. The Kier molecular flexibility index (Phi) is 2.91. The fraction of sp³-hybridized carbons (Fsp3) is 0.143. The zero-order valence-electron chi connectivity index (χ0n) is 7.22. The van der Waals surface area contributed by atoms with Gasteiger partial charge in [-0.05, 0) is 30.1 Å². The summed E-state index contributed by atoms with van der Waals surface area (Å²) in [7, 11) is 0. The van der Waals surface area contributed by atoms with Crippen LogP contribution in [0.15, 0.2) is 22.4 Å². The lowest BCUT2D eigenvalue weighted by atomic mass is 10.2. The van der Waals surface area contributed by atoms with Crippen molar-refractivity contribution in [3.05, 3.63) is 44.4 Å². The normalized spacial score (nSPS) is 8.71. The highest BCUT2D eigenvalue weighted by Gasteiger charge is 2.06. The van der Waals surface area contributed by atoms with Crippen molar-refractivity contribution < 1.29 is 4.39 Å². The number of halogens is 1. The minimum absolute atomic E-state index is 0.171. The molecule has 0 fully saturated rings. The molecule has 1 aromatic carbocycles. The van der Waals surface area contributed by atoms with Gasteiger partial charge in [-0.15, -0.1) is 0 Å². The summed E-state index contributed by atoms with van der Waals surface area (Å²) in [6.07, 6.45) is 0. The highest BCUT2D eigenvalue weighted by Crippen LogP contribution is 2.29. The van der Waals surface area contributed by atoms with Crippen LogP contribution in [-0.2, 0) is 0 Å². The van der Waals surface area contributed by atoms with E-state index in [-0.39, 0.29) is 11.4 Å². The van der Waals surface area contributed by atoms with Gasteiger partial charge in [0.15, 0.2) is 0 Å². The Hall–Kier alpha value is -2.23. The van der Waals surface area contributed by atoms with Crippen molar-refractivity contribution in [2.24, 2.45) is 10.2 Å². The van der Waals surface area contributed by atoms with Crippen molar-refractivity contribution in [1.29, 1.82) is 0 Å². The van der Waals surface area contributed by atoms with Crippen LogP contribution in [-0.4, -0.2) is 0 Å². The van der Waals surface area contributed by atoms with Crippen LogP contribution in [0.2, 0.25) is 0 Å². The Morgan fingerprint density at radius 2 is 1.57 bits per heavy atom. The van der Waals surface area contributed by atoms with Crippen LogP contribution >= 0.6 is 0 Å². The maximum Gasteiger partial charge on any atom is 0.142 e. The molecule has 1 rings (SSSR count). The molecule has 0 bridgehead atoms. The van der Waals surface area contributed by atoms with Gasteiger partial charge in [0, 0.05) is 9.82 Å². The predicted molar refractivity (Wildman–Crippen MR) is 48.7 cm³/mol. The predicted octanol–water partition coefficient (Wildman–Crippen LogP) is 4.02. The Balaban J connectivity index is 3.45. The van der Waals surface area contributed by atoms with Crippen LogP contribution in [0.5, 0.6) is 0 Å². The van der Waals surface area contributed by atoms with Crippen molar-refractivity contribution in [2.75, 3.05) is 0 Å². The van der Waals surface area contributed by atoms with Gasteiger partial charge in [-0.1, -0.05) is 15.8 Å². The third-order valence-corrected chi connectivity index (χ3v) is 1.48. The van der Waals surface area contributed by atoms with E-state index in [1.165, 1.54) is 12.1 Å². The fourth-order valence-electron chi connectivity index (χ4n) is 0.973. The minimum Gasteiger partial charge on any atom is -0.206 e. The number of hydrogen-bond donors (Lipinski definition) is 0. The Bertz CT molecular complexity index is 416. The minimum atomic E-state index is -0.814. The molecule has 0 spiro atoms. The molecular formula is C7H5FN6. The number of azide groups is 2. The average molecular weight is 192 g/mol. The van der Waals surface area contributed by atoms with Crippen LogP contribution in [0, 0.1) is 12.7 Å². The second kappa shape index (κ2) is 4.13. The molecule has 7 heteroatoms. The van der Waals surface area contributed by atoms with E-state index in [4.69, 9.17) is 11.1 Å². The first-order valence-electron chi connectivity index (χ1n) is 3.59. The van der Waals surface area contributed by atoms with Crippen LogP contribution in [0.3, 0.4) is 0 Å². The van der Waals surface area contributed by atoms with Gasteiger partial charge in [-0.25, -0.2) is 4.39 Å². The van der Waals surface area contributed by atoms with E-state index >= 15 is 0 Å². The topological polar surface area (TPSA) is 97.5 Å². The highest BCUT2D eigenvalue weighted by atomic mass is 19.1. The van der Waals surface area contributed by atoms with Crippen molar-refractivity contribution in [2.45, 2.75) is 6.92 Å². The molecule has 0 amide bonds. The quantitative estimate of drug-likeness (QED) is 0.384. The van der Waals surface area contributed by atoms with E-state index in [1.54, 1.807) is 6.92 Å². The van der Waals surface area contributed by atoms with Crippen LogP contribution < -0.4 is 0 Å². The molecule has 0 aliphatic rings. The van der Waals surface area contributed by atoms with E-state index in [0.29, 0.717) is 5.56 Å². The van der Waals surface area contributed by atoms with E-state index in [2.05, 4.69) is 20.1 Å². The number of nitrogens with zero attached hydrogens (tertiary/aromatic N) is 6. The molecule has 14 heavy (non-hydrogen) atoms. The maximum atomic E-state index is 13.3. The molecule has 0 aliphatic heterocycles. The lowest BCUT2D eigenvalue weighted by Gasteiger charge is -2.00. The van der Waals surface area contributed by atoms with Crippen molar-refractivity contribution in [3.8, 4) is 0 Å². The van der Waals surface area contributed by atoms with E-state index in [9.17, 15) is 4.39 Å². The molecule has 0 aliphatic carbocycles. The van der Waals surface area contributed by atoms with Gasteiger partial charge in [0.05, 0.1) is 11.4 Å². The number of aryl methyl sites for hydroxylation is 1. The van der Waals surface area contributed by atoms with Gasteiger partial charge in [-0.2, -0.15) is 0 Å². The zero-order valence-corrected chi connectivity index (χ0v) is 7.22. The maximum absolute atomic E-state index is 13.3. The first-order valence-corrected chi connectivity index (χ1v) is 3.59. The molecule has 0 saturated heterocycles. The third-order valence-electron chi connectivity index (χ3n) is 1.48. The summed E-state index contributed by atoms with van der Waals surface area (Å²) < 4.78 is 13.3. The molecule has 0 heterocycles. The SMILES string of the molecule is Cc1cc(N=[N+]=[N-])c(F)c(N=[N+]=[N-])c1. The molecule has 0 aromatic heterocycles. The Morgan fingerprint density at radius 1 is 1.14 bits per heavy atom. The molecule has 1 aromatic rings. The monoisotopic (exact) mass is 192 g/mol. The largest absolute Gasteiger partial charge is 0.206 e. The first-order chi connectivity index (χ1) is 6.69. The van der Waals surface area contributed by atoms with Gasteiger partial charge in [0.2, 0.25) is 0 Å². The first kappa shape index (κ1) is 9.85. The van der Waals surface area contributed by atoms with Gasteiger partial charge in [0.1, 0.15) is 5.82 Å². The van der Waals surface area contributed by atoms with E-state index in [0.717, 1.165) is 0 Å². The lowest BCUT2D eigenvalue weighted by molar-refractivity contribution is 0.631. The Morgan fingerprint density at radius 3 is 1.93 bits per heavy atom. The Labute approximate surface area is 78.2 Å². The molecule has 0 unspecified atom stereocenters. The van der Waals surface area contributed by atoms with Gasteiger partial charge >= 0.3 is 0 Å². The molecule has 0 radical (unpaired) electrons. The highest BCUT2D eigenvalue weighted by molar-refractivity contribution is 5.54. The van der Waals surface area contributed by atoms with E-state index < -0.39 is 5.82 Å². The van der Waals surface area contributed by atoms with Crippen LogP contribution in [0.25, 0.3) is 20.9 Å². The van der Waals surface area contributed by atoms with Crippen molar-refractivity contribution in [3.63, 3.8) is 0 Å². The summed E-state index contributed by atoms with van der Waals surface area (Å²) in [5.41, 5.74) is 16.6. The number of hydrogen-bond acceptors (Lipinski definition) is 2. The van der Waals surface area contributed by atoms with E-state index in [1.807, 2.05) is 0 Å². The van der Waals surface area contributed by atoms with Crippen molar-refractivity contribution >= 4 is 11.4 Å². The molecule has 0 atom stereocenters. The zero-order chi connectivity index (χ0) is 10.6. The molecular weight excluding hydrogens is 187 g/mol. The number of rotatable bonds is 2. The average Bonchev–Trinajstić information content (AvgIpc) is 2.14. The van der Waals surface area contributed by atoms with Gasteiger partial charge in [0.25, 0.3) is 0 Å². The summed E-state index contributed by atoms with van der Waals surface area (Å²) in [4.78, 5) is 4.92. The summed E-state index contributed by atoms with van der Waals surface area (Å²) >= 11 is 0. The summed E-state index contributed by atoms with van der Waals surface area (Å²) in [6, 6.07) is 2.73.